The number of halogens is 3. The van der Waals surface area contributed by atoms with Gasteiger partial charge in [0.1, 0.15) is 5.54 Å². The summed E-state index contributed by atoms with van der Waals surface area (Å²) in [6.07, 6.45) is -4.83. The van der Waals surface area contributed by atoms with Crippen LogP contribution in [0, 0.1) is 5.92 Å². The van der Waals surface area contributed by atoms with Crippen LogP contribution in [-0.4, -0.2) is 40.1 Å². The lowest BCUT2D eigenvalue weighted by atomic mass is 9.74. The Morgan fingerprint density at radius 1 is 1.42 bits per heavy atom. The average molecular weight is 281 g/mol. The molecule has 1 saturated carbocycles. The summed E-state index contributed by atoms with van der Waals surface area (Å²) in [6.45, 7) is 2.85. The van der Waals surface area contributed by atoms with Crippen molar-refractivity contribution in [3.05, 3.63) is 0 Å². The largest absolute Gasteiger partial charge is 0.479 e. The number of likely N-dealkylation sites (N-methyl/N-ethyl adjacent to an activating group) is 1. The van der Waals surface area contributed by atoms with Crippen LogP contribution < -0.4 is 0 Å². The molecule has 7 heteroatoms. The number of carboxylic acids is 1. The third-order valence-electron chi connectivity index (χ3n) is 3.80. The van der Waals surface area contributed by atoms with Crippen molar-refractivity contribution in [1.29, 1.82) is 0 Å². The van der Waals surface area contributed by atoms with Crippen LogP contribution in [0.15, 0.2) is 0 Å². The van der Waals surface area contributed by atoms with Gasteiger partial charge in [0.25, 0.3) is 0 Å². The topological polar surface area (TPSA) is 57.6 Å². The van der Waals surface area contributed by atoms with Crippen molar-refractivity contribution in [3.8, 4) is 0 Å². The lowest BCUT2D eigenvalue weighted by Gasteiger charge is -2.45. The summed E-state index contributed by atoms with van der Waals surface area (Å²) in [5.41, 5.74) is -1.72. The molecule has 0 bridgehead atoms. The summed E-state index contributed by atoms with van der Waals surface area (Å²) < 4.78 is 38.5. The summed E-state index contributed by atoms with van der Waals surface area (Å²) in [4.78, 5) is 24.1. The Hall–Kier alpha value is -1.27. The van der Waals surface area contributed by atoms with E-state index in [4.69, 9.17) is 0 Å². The summed E-state index contributed by atoms with van der Waals surface area (Å²) in [6, 6.07) is 0. The average Bonchev–Trinajstić information content (AvgIpc) is 2.28. The first-order valence-electron chi connectivity index (χ1n) is 6.23. The van der Waals surface area contributed by atoms with E-state index in [0.29, 0.717) is 0 Å². The Balaban J connectivity index is 3.12. The van der Waals surface area contributed by atoms with E-state index in [2.05, 4.69) is 0 Å². The van der Waals surface area contributed by atoms with Gasteiger partial charge in [-0.15, -0.1) is 0 Å². The van der Waals surface area contributed by atoms with Gasteiger partial charge in [-0.25, -0.2) is 4.79 Å². The van der Waals surface area contributed by atoms with Crippen LogP contribution in [0.2, 0.25) is 0 Å². The summed E-state index contributed by atoms with van der Waals surface area (Å²) >= 11 is 0. The molecule has 0 radical (unpaired) electrons. The predicted molar refractivity (Wildman–Crippen MR) is 61.4 cm³/mol. The van der Waals surface area contributed by atoms with Crippen LogP contribution in [0.1, 0.15) is 39.5 Å². The molecule has 2 atom stereocenters. The van der Waals surface area contributed by atoms with Gasteiger partial charge in [0.2, 0.25) is 5.91 Å². The van der Waals surface area contributed by atoms with Gasteiger partial charge in [0.15, 0.2) is 0 Å². The normalized spacial score (nSPS) is 27.9. The van der Waals surface area contributed by atoms with Crippen molar-refractivity contribution in [2.45, 2.75) is 51.2 Å². The Bertz CT molecular complexity index is 370. The van der Waals surface area contributed by atoms with E-state index in [-0.39, 0.29) is 25.8 Å². The quantitative estimate of drug-likeness (QED) is 0.864. The van der Waals surface area contributed by atoms with Crippen molar-refractivity contribution in [2.75, 3.05) is 6.54 Å². The highest BCUT2D eigenvalue weighted by molar-refractivity contribution is 5.86. The van der Waals surface area contributed by atoms with Crippen LogP contribution in [0.4, 0.5) is 13.2 Å². The number of carboxylic acid groups (broad SMARTS) is 1. The van der Waals surface area contributed by atoms with E-state index < -0.39 is 35.9 Å². The highest BCUT2D eigenvalue weighted by Gasteiger charge is 2.54. The van der Waals surface area contributed by atoms with Gasteiger partial charge in [-0.2, -0.15) is 13.2 Å². The Kier molecular flexibility index (Phi) is 4.47. The minimum Gasteiger partial charge on any atom is -0.479 e. The van der Waals surface area contributed by atoms with Gasteiger partial charge >= 0.3 is 12.1 Å². The van der Waals surface area contributed by atoms with Gasteiger partial charge in [0.05, 0.1) is 5.92 Å². The third kappa shape index (κ3) is 3.01. The third-order valence-corrected chi connectivity index (χ3v) is 3.80. The monoisotopic (exact) mass is 281 g/mol. The van der Waals surface area contributed by atoms with Gasteiger partial charge in [0, 0.05) is 13.5 Å². The molecule has 0 aromatic carbocycles. The number of amides is 1. The highest BCUT2D eigenvalue weighted by atomic mass is 19.4. The number of nitrogens with zero attached hydrogens (tertiary/aromatic N) is 1. The molecule has 1 aliphatic rings. The zero-order chi connectivity index (χ0) is 14.8. The van der Waals surface area contributed by atoms with E-state index in [0.717, 1.165) is 4.90 Å². The summed E-state index contributed by atoms with van der Waals surface area (Å²) in [5, 5.41) is 9.36. The van der Waals surface area contributed by atoms with Crippen LogP contribution >= 0.6 is 0 Å². The molecule has 0 saturated heterocycles. The smallest absolute Gasteiger partial charge is 0.391 e. The maximum absolute atomic E-state index is 12.8. The van der Waals surface area contributed by atoms with Crippen molar-refractivity contribution < 1.29 is 27.9 Å². The molecule has 0 spiro atoms. The number of carbonyl (C=O) groups excluding carboxylic acids is 1. The minimum absolute atomic E-state index is 0.0718. The maximum Gasteiger partial charge on any atom is 0.391 e. The standard InChI is InChI=1S/C12H18F3NO3/c1-3-16(8(2)17)11(10(18)19)6-4-5-9(7-11)12(13,14)15/h9H,3-7H2,1-2H3,(H,18,19). The minimum atomic E-state index is -4.42. The fourth-order valence-electron chi connectivity index (χ4n) is 2.91. The molecule has 110 valence electrons. The molecule has 0 aromatic rings. The van der Waals surface area contributed by atoms with E-state index >= 15 is 0 Å². The van der Waals surface area contributed by atoms with Crippen LogP contribution in [-0.2, 0) is 9.59 Å². The lowest BCUT2D eigenvalue weighted by molar-refractivity contribution is -0.200. The van der Waals surface area contributed by atoms with E-state index in [1.807, 2.05) is 0 Å². The molecule has 19 heavy (non-hydrogen) atoms. The van der Waals surface area contributed by atoms with E-state index in [1.54, 1.807) is 6.92 Å². The SMILES string of the molecule is CCN(C(C)=O)C1(C(=O)O)CCCC(C(F)(F)F)C1. The highest BCUT2D eigenvalue weighted by Crippen LogP contribution is 2.44. The van der Waals surface area contributed by atoms with E-state index in [9.17, 15) is 27.9 Å². The number of carbonyl (C=O) groups is 2. The van der Waals surface area contributed by atoms with Gasteiger partial charge in [-0.1, -0.05) is 0 Å². The molecule has 1 rings (SSSR count). The molecule has 1 amide bonds. The zero-order valence-corrected chi connectivity index (χ0v) is 11.0. The van der Waals surface area contributed by atoms with Crippen LogP contribution in [0.25, 0.3) is 0 Å². The Labute approximate surface area is 109 Å². The lowest BCUT2D eigenvalue weighted by Crippen LogP contribution is -2.59. The number of aliphatic carboxylic acids is 1. The molecule has 0 aliphatic heterocycles. The van der Waals surface area contributed by atoms with Crippen molar-refractivity contribution >= 4 is 11.9 Å². The molecular formula is C12H18F3NO3. The first kappa shape index (κ1) is 15.8. The number of rotatable bonds is 3. The second kappa shape index (κ2) is 5.38. The molecular weight excluding hydrogens is 263 g/mol. The molecule has 1 N–H and O–H groups in total. The van der Waals surface area contributed by atoms with Crippen molar-refractivity contribution in [3.63, 3.8) is 0 Å². The van der Waals surface area contributed by atoms with Gasteiger partial charge in [-0.3, -0.25) is 4.79 Å². The first-order chi connectivity index (χ1) is 8.65. The number of hydrogen-bond acceptors (Lipinski definition) is 2. The van der Waals surface area contributed by atoms with Crippen LogP contribution in [0.5, 0.6) is 0 Å². The molecule has 1 fully saturated rings. The summed E-state index contributed by atoms with van der Waals surface area (Å²) in [7, 11) is 0. The Morgan fingerprint density at radius 2 is 2.00 bits per heavy atom. The van der Waals surface area contributed by atoms with Crippen molar-refractivity contribution in [2.24, 2.45) is 5.92 Å². The molecule has 0 aromatic heterocycles. The second-order valence-electron chi connectivity index (χ2n) is 4.93. The Morgan fingerprint density at radius 3 is 2.37 bits per heavy atom. The zero-order valence-electron chi connectivity index (χ0n) is 11.0. The second-order valence-corrected chi connectivity index (χ2v) is 4.93. The van der Waals surface area contributed by atoms with Crippen molar-refractivity contribution in [1.82, 2.24) is 4.90 Å². The molecule has 4 nitrogen and oxygen atoms in total. The van der Waals surface area contributed by atoms with Gasteiger partial charge < -0.3 is 10.0 Å². The maximum atomic E-state index is 12.8. The van der Waals surface area contributed by atoms with E-state index in [1.165, 1.54) is 6.92 Å². The first-order valence-corrected chi connectivity index (χ1v) is 6.23. The fourth-order valence-corrected chi connectivity index (χ4v) is 2.91. The molecule has 0 heterocycles. The number of hydrogen-bond donors (Lipinski definition) is 1. The fraction of sp³-hybridized carbons (Fsp3) is 0.833. The molecule has 1 aliphatic carbocycles. The number of alkyl halides is 3. The predicted octanol–water partition coefficient (Wildman–Crippen LogP) is 2.43. The van der Waals surface area contributed by atoms with Gasteiger partial charge in [-0.05, 0) is 32.6 Å². The molecule has 2 unspecified atom stereocenters. The van der Waals surface area contributed by atoms with Crippen LogP contribution in [0.3, 0.4) is 0 Å². The summed E-state index contributed by atoms with van der Waals surface area (Å²) in [5.74, 6) is -3.52.